The quantitative estimate of drug-likeness (QED) is 0.0993. The lowest BCUT2D eigenvalue weighted by molar-refractivity contribution is -0.113. The summed E-state index contributed by atoms with van der Waals surface area (Å²) in [4.78, 5) is 40.1. The second-order valence-corrected chi connectivity index (χ2v) is 11.0. The SMILES string of the molecule is Cc1cccc(/C=C(\NC(=O)c2ccccc2)C(=O)Nc2cccc(SCC(=O)c3ccc(-c4ccccc4)cc3)c2)c1. The standard InChI is InChI=1S/C37H30N2O3S/c1-26-10-8-11-27(22-26)23-34(39-36(41)31-14-6-3-7-15-31)37(42)38-32-16-9-17-33(24-32)43-25-35(40)30-20-18-29(19-21-30)28-12-4-2-5-13-28/h2-24H,25H2,1H3,(H,38,42)(H,39,41)/b34-23-. The molecule has 0 saturated heterocycles. The third kappa shape index (κ3) is 8.18. The molecule has 0 spiro atoms. The third-order valence-electron chi connectivity index (χ3n) is 6.66. The minimum absolute atomic E-state index is 0.0195. The van der Waals surface area contributed by atoms with E-state index in [1.54, 1.807) is 36.4 Å². The average molecular weight is 583 g/mol. The van der Waals surface area contributed by atoms with Crippen molar-refractivity contribution in [2.75, 3.05) is 11.1 Å². The molecule has 0 radical (unpaired) electrons. The van der Waals surface area contributed by atoms with Crippen LogP contribution >= 0.6 is 11.8 Å². The molecule has 6 heteroatoms. The van der Waals surface area contributed by atoms with Crippen LogP contribution in [0.25, 0.3) is 17.2 Å². The smallest absolute Gasteiger partial charge is 0.272 e. The van der Waals surface area contributed by atoms with Gasteiger partial charge >= 0.3 is 0 Å². The number of ketones is 1. The number of benzene rings is 5. The van der Waals surface area contributed by atoms with E-state index in [1.165, 1.54) is 11.8 Å². The Morgan fingerprint density at radius 3 is 2.07 bits per heavy atom. The Morgan fingerprint density at radius 2 is 1.35 bits per heavy atom. The molecule has 0 fully saturated rings. The summed E-state index contributed by atoms with van der Waals surface area (Å²) in [6.45, 7) is 1.97. The van der Waals surface area contributed by atoms with Gasteiger partial charge in [0.25, 0.3) is 11.8 Å². The molecule has 0 aromatic heterocycles. The maximum Gasteiger partial charge on any atom is 0.272 e. The van der Waals surface area contributed by atoms with E-state index in [4.69, 9.17) is 0 Å². The van der Waals surface area contributed by atoms with Crippen LogP contribution in [0.15, 0.2) is 144 Å². The first kappa shape index (κ1) is 29.3. The first-order valence-electron chi connectivity index (χ1n) is 13.8. The van der Waals surface area contributed by atoms with Crippen LogP contribution in [0.3, 0.4) is 0 Å². The van der Waals surface area contributed by atoms with Crippen molar-refractivity contribution in [1.29, 1.82) is 0 Å². The maximum absolute atomic E-state index is 13.4. The first-order chi connectivity index (χ1) is 20.9. The van der Waals surface area contributed by atoms with Gasteiger partial charge in [0.1, 0.15) is 5.70 Å². The largest absolute Gasteiger partial charge is 0.321 e. The molecule has 0 saturated carbocycles. The number of nitrogens with one attached hydrogen (secondary N) is 2. The van der Waals surface area contributed by atoms with Crippen molar-refractivity contribution in [3.05, 3.63) is 161 Å². The van der Waals surface area contributed by atoms with E-state index >= 15 is 0 Å². The third-order valence-corrected chi connectivity index (χ3v) is 7.65. The second-order valence-electron chi connectivity index (χ2n) is 9.93. The first-order valence-corrected chi connectivity index (χ1v) is 14.8. The van der Waals surface area contributed by atoms with Gasteiger partial charge in [-0.3, -0.25) is 14.4 Å². The number of carbonyl (C=O) groups excluding carboxylic acids is 3. The van der Waals surface area contributed by atoms with Gasteiger partial charge in [-0.05, 0) is 60.0 Å². The highest BCUT2D eigenvalue weighted by molar-refractivity contribution is 8.00. The highest BCUT2D eigenvalue weighted by Gasteiger charge is 2.16. The molecule has 0 atom stereocenters. The molecule has 2 amide bonds. The van der Waals surface area contributed by atoms with E-state index < -0.39 is 5.91 Å². The van der Waals surface area contributed by atoms with Crippen LogP contribution in [-0.2, 0) is 4.79 Å². The Balaban J connectivity index is 1.26. The Hall–Kier alpha value is -5.20. The van der Waals surface area contributed by atoms with Gasteiger partial charge < -0.3 is 10.6 Å². The molecule has 5 aromatic carbocycles. The molecule has 0 heterocycles. The number of thioether (sulfide) groups is 1. The van der Waals surface area contributed by atoms with Crippen molar-refractivity contribution >= 4 is 41.1 Å². The maximum atomic E-state index is 13.4. The predicted octanol–water partition coefficient (Wildman–Crippen LogP) is 8.05. The second kappa shape index (κ2) is 14.1. The molecular weight excluding hydrogens is 552 g/mol. The van der Waals surface area contributed by atoms with Gasteiger partial charge in [-0.1, -0.05) is 109 Å². The van der Waals surface area contributed by atoms with E-state index in [-0.39, 0.29) is 23.1 Å². The lowest BCUT2D eigenvalue weighted by Crippen LogP contribution is -2.30. The lowest BCUT2D eigenvalue weighted by Gasteiger charge is -2.12. The number of hydrogen-bond donors (Lipinski definition) is 2. The van der Waals surface area contributed by atoms with Crippen molar-refractivity contribution in [3.63, 3.8) is 0 Å². The van der Waals surface area contributed by atoms with Crippen molar-refractivity contribution in [1.82, 2.24) is 5.32 Å². The average Bonchev–Trinajstić information content (AvgIpc) is 3.04. The number of Topliss-reactive ketones (excluding diaryl/α,β-unsaturated/α-hetero) is 1. The van der Waals surface area contributed by atoms with Gasteiger partial charge in [0.15, 0.2) is 5.78 Å². The summed E-state index contributed by atoms with van der Waals surface area (Å²) in [7, 11) is 0. The summed E-state index contributed by atoms with van der Waals surface area (Å²) in [6.07, 6.45) is 1.66. The molecule has 2 N–H and O–H groups in total. The van der Waals surface area contributed by atoms with Crippen molar-refractivity contribution in [2.45, 2.75) is 11.8 Å². The number of rotatable bonds is 10. The van der Waals surface area contributed by atoms with Crippen molar-refractivity contribution < 1.29 is 14.4 Å². The molecular formula is C37H30N2O3S. The van der Waals surface area contributed by atoms with Crippen LogP contribution in [-0.4, -0.2) is 23.4 Å². The minimum Gasteiger partial charge on any atom is -0.321 e. The van der Waals surface area contributed by atoms with Crippen LogP contribution in [0, 0.1) is 6.92 Å². The van der Waals surface area contributed by atoms with Crippen LogP contribution in [0.5, 0.6) is 0 Å². The summed E-state index contributed by atoms with van der Waals surface area (Å²) in [5, 5.41) is 5.66. The molecule has 0 aliphatic heterocycles. The normalized spacial score (nSPS) is 11.0. The van der Waals surface area contributed by atoms with Crippen LogP contribution in [0.1, 0.15) is 31.8 Å². The van der Waals surface area contributed by atoms with E-state index in [0.717, 1.165) is 27.1 Å². The summed E-state index contributed by atoms with van der Waals surface area (Å²) >= 11 is 1.40. The van der Waals surface area contributed by atoms with Gasteiger partial charge in [-0.15, -0.1) is 11.8 Å². The molecule has 0 aliphatic carbocycles. The molecule has 0 unspecified atom stereocenters. The number of amides is 2. The van der Waals surface area contributed by atoms with E-state index in [1.807, 2.05) is 110 Å². The van der Waals surface area contributed by atoms with E-state index in [2.05, 4.69) is 10.6 Å². The predicted molar refractivity (Wildman–Crippen MR) is 175 cm³/mol. The van der Waals surface area contributed by atoms with E-state index in [9.17, 15) is 14.4 Å². The van der Waals surface area contributed by atoms with Gasteiger partial charge in [0.2, 0.25) is 0 Å². The zero-order valence-electron chi connectivity index (χ0n) is 23.6. The Kier molecular flexibility index (Phi) is 9.62. The molecule has 5 nitrogen and oxygen atoms in total. The molecule has 43 heavy (non-hydrogen) atoms. The Labute approximate surface area is 255 Å². The monoisotopic (exact) mass is 582 g/mol. The Bertz CT molecular complexity index is 1770. The summed E-state index contributed by atoms with van der Waals surface area (Å²) < 4.78 is 0. The van der Waals surface area contributed by atoms with E-state index in [0.29, 0.717) is 16.8 Å². The molecule has 5 rings (SSSR count). The molecule has 0 aliphatic rings. The fourth-order valence-electron chi connectivity index (χ4n) is 4.44. The fraction of sp³-hybridized carbons (Fsp3) is 0.0541. The zero-order chi connectivity index (χ0) is 30.0. The number of hydrogen-bond acceptors (Lipinski definition) is 4. The van der Waals surface area contributed by atoms with Gasteiger partial charge in [0.05, 0.1) is 5.75 Å². The number of aryl methyl sites for hydroxylation is 1. The summed E-state index contributed by atoms with van der Waals surface area (Å²) in [5.74, 6) is -0.559. The molecule has 212 valence electrons. The number of anilines is 1. The van der Waals surface area contributed by atoms with Gasteiger partial charge in [-0.25, -0.2) is 0 Å². The summed E-state index contributed by atoms with van der Waals surface area (Å²) in [6, 6.07) is 41.4. The number of carbonyl (C=O) groups is 3. The lowest BCUT2D eigenvalue weighted by atomic mass is 10.0. The minimum atomic E-state index is -0.456. The zero-order valence-corrected chi connectivity index (χ0v) is 24.4. The van der Waals surface area contributed by atoms with Gasteiger partial charge in [0, 0.05) is 21.7 Å². The van der Waals surface area contributed by atoms with Gasteiger partial charge in [-0.2, -0.15) is 0 Å². The Morgan fingerprint density at radius 1 is 0.674 bits per heavy atom. The highest BCUT2D eigenvalue weighted by Crippen LogP contribution is 2.24. The molecule has 0 bridgehead atoms. The van der Waals surface area contributed by atoms with Crippen molar-refractivity contribution in [2.24, 2.45) is 0 Å². The van der Waals surface area contributed by atoms with Crippen LogP contribution in [0.2, 0.25) is 0 Å². The highest BCUT2D eigenvalue weighted by atomic mass is 32.2. The topological polar surface area (TPSA) is 75.3 Å². The molecule has 5 aromatic rings. The van der Waals surface area contributed by atoms with Crippen LogP contribution < -0.4 is 10.6 Å². The summed E-state index contributed by atoms with van der Waals surface area (Å²) in [5.41, 5.74) is 5.76. The fourth-order valence-corrected chi connectivity index (χ4v) is 5.29. The van der Waals surface area contributed by atoms with Crippen molar-refractivity contribution in [3.8, 4) is 11.1 Å². The van der Waals surface area contributed by atoms with Crippen LogP contribution in [0.4, 0.5) is 5.69 Å².